The third-order valence-electron chi connectivity index (χ3n) is 6.52. The maximum Gasteiger partial charge on any atom is 0.103 e. The second-order valence-electron chi connectivity index (χ2n) is 9.73. The standard InChI is InChI=1S/C27H54N2/c1-5-7-9-11-13-14-15-17-19-21-23-29-25-24-28(27(29)26(3)4)22-20-18-16-12-10-8-6-2/h24-27H,5-23H2,1-4H3. The van der Waals surface area contributed by atoms with E-state index >= 15 is 0 Å². The van der Waals surface area contributed by atoms with Crippen LogP contribution in [0.25, 0.3) is 0 Å². The normalized spacial score (nSPS) is 16.5. The minimum absolute atomic E-state index is 0.591. The Morgan fingerprint density at radius 2 is 0.828 bits per heavy atom. The van der Waals surface area contributed by atoms with E-state index in [-0.39, 0.29) is 0 Å². The molecule has 0 saturated heterocycles. The molecule has 0 saturated carbocycles. The summed E-state index contributed by atoms with van der Waals surface area (Å²) >= 11 is 0. The first-order valence-corrected chi connectivity index (χ1v) is 13.4. The molecule has 1 rings (SSSR count). The van der Waals surface area contributed by atoms with Crippen LogP contribution in [0, 0.1) is 5.92 Å². The smallest absolute Gasteiger partial charge is 0.103 e. The molecule has 0 bridgehead atoms. The van der Waals surface area contributed by atoms with Gasteiger partial charge in [0.2, 0.25) is 0 Å². The lowest BCUT2D eigenvalue weighted by Gasteiger charge is -2.36. The van der Waals surface area contributed by atoms with Gasteiger partial charge in [-0.15, -0.1) is 0 Å². The van der Waals surface area contributed by atoms with Crippen LogP contribution in [0.1, 0.15) is 137 Å². The van der Waals surface area contributed by atoms with E-state index in [1.54, 1.807) is 0 Å². The Kier molecular flexibility index (Phi) is 16.5. The number of nitrogens with zero attached hydrogens (tertiary/aromatic N) is 2. The number of unbranched alkanes of at least 4 members (excludes halogenated alkanes) is 15. The van der Waals surface area contributed by atoms with Crippen molar-refractivity contribution in [3.63, 3.8) is 0 Å². The summed E-state index contributed by atoms with van der Waals surface area (Å²) in [5.41, 5.74) is 0. The lowest BCUT2D eigenvalue weighted by molar-refractivity contribution is 0.104. The topological polar surface area (TPSA) is 6.48 Å². The van der Waals surface area contributed by atoms with Gasteiger partial charge in [-0.25, -0.2) is 0 Å². The molecule has 1 aliphatic heterocycles. The lowest BCUT2D eigenvalue weighted by Crippen LogP contribution is -2.43. The molecule has 1 aliphatic rings. The zero-order chi connectivity index (χ0) is 21.2. The van der Waals surface area contributed by atoms with Gasteiger partial charge in [-0.2, -0.15) is 0 Å². The van der Waals surface area contributed by atoms with Gasteiger partial charge in [-0.05, 0) is 18.8 Å². The monoisotopic (exact) mass is 406 g/mol. The Morgan fingerprint density at radius 3 is 1.14 bits per heavy atom. The summed E-state index contributed by atoms with van der Waals surface area (Å²) in [7, 11) is 0. The molecule has 0 fully saturated rings. The fourth-order valence-electron chi connectivity index (χ4n) is 4.75. The molecule has 0 aromatic heterocycles. The van der Waals surface area contributed by atoms with Crippen molar-refractivity contribution in [1.82, 2.24) is 9.80 Å². The van der Waals surface area contributed by atoms with Gasteiger partial charge in [0.05, 0.1) is 0 Å². The van der Waals surface area contributed by atoms with Gasteiger partial charge >= 0.3 is 0 Å². The van der Waals surface area contributed by atoms with Gasteiger partial charge in [0.25, 0.3) is 0 Å². The average molecular weight is 407 g/mol. The van der Waals surface area contributed by atoms with E-state index in [1.165, 1.54) is 122 Å². The fraction of sp³-hybridized carbons (Fsp3) is 0.926. The van der Waals surface area contributed by atoms with E-state index < -0.39 is 0 Å². The van der Waals surface area contributed by atoms with Crippen LogP contribution in [0.2, 0.25) is 0 Å². The van der Waals surface area contributed by atoms with Crippen LogP contribution in [0.3, 0.4) is 0 Å². The van der Waals surface area contributed by atoms with Gasteiger partial charge in [-0.1, -0.05) is 124 Å². The molecule has 0 aliphatic carbocycles. The molecular formula is C27H54N2. The highest BCUT2D eigenvalue weighted by Crippen LogP contribution is 2.24. The molecular weight excluding hydrogens is 352 g/mol. The van der Waals surface area contributed by atoms with E-state index in [1.807, 2.05) is 0 Å². The number of rotatable bonds is 20. The lowest BCUT2D eigenvalue weighted by atomic mass is 10.1. The summed E-state index contributed by atoms with van der Waals surface area (Å²) < 4.78 is 0. The first-order valence-electron chi connectivity index (χ1n) is 13.4. The van der Waals surface area contributed by atoms with Crippen LogP contribution in [-0.2, 0) is 0 Å². The van der Waals surface area contributed by atoms with Crippen molar-refractivity contribution >= 4 is 0 Å². The van der Waals surface area contributed by atoms with Crippen LogP contribution >= 0.6 is 0 Å². The third-order valence-corrected chi connectivity index (χ3v) is 6.52. The molecule has 0 spiro atoms. The molecule has 2 nitrogen and oxygen atoms in total. The maximum atomic E-state index is 2.62. The van der Waals surface area contributed by atoms with Gasteiger partial charge in [0.15, 0.2) is 0 Å². The molecule has 0 N–H and O–H groups in total. The van der Waals surface area contributed by atoms with E-state index in [0.717, 1.165) is 0 Å². The van der Waals surface area contributed by atoms with Gasteiger partial charge in [0, 0.05) is 25.5 Å². The fourth-order valence-corrected chi connectivity index (χ4v) is 4.75. The summed E-state index contributed by atoms with van der Waals surface area (Å²) in [4.78, 5) is 5.24. The van der Waals surface area contributed by atoms with E-state index in [0.29, 0.717) is 12.1 Å². The van der Waals surface area contributed by atoms with Crippen LogP contribution in [0.4, 0.5) is 0 Å². The molecule has 172 valence electrons. The van der Waals surface area contributed by atoms with Crippen molar-refractivity contribution in [3.8, 4) is 0 Å². The van der Waals surface area contributed by atoms with Crippen molar-refractivity contribution in [2.45, 2.75) is 143 Å². The Balaban J connectivity index is 2.09. The third kappa shape index (κ3) is 12.6. The molecule has 1 atom stereocenters. The summed E-state index contributed by atoms with van der Waals surface area (Å²) in [6, 6.07) is 0. The van der Waals surface area contributed by atoms with Crippen LogP contribution < -0.4 is 0 Å². The second kappa shape index (κ2) is 18.1. The average Bonchev–Trinajstić information content (AvgIpc) is 3.11. The van der Waals surface area contributed by atoms with Crippen LogP contribution in [0.15, 0.2) is 12.4 Å². The molecule has 1 unspecified atom stereocenters. The van der Waals surface area contributed by atoms with E-state index in [4.69, 9.17) is 0 Å². The van der Waals surface area contributed by atoms with Gasteiger partial charge < -0.3 is 9.80 Å². The zero-order valence-electron chi connectivity index (χ0n) is 20.6. The zero-order valence-corrected chi connectivity index (χ0v) is 20.6. The second-order valence-corrected chi connectivity index (χ2v) is 9.73. The minimum atomic E-state index is 0.591. The first kappa shape index (κ1) is 26.4. The van der Waals surface area contributed by atoms with Gasteiger partial charge in [0.1, 0.15) is 6.17 Å². The predicted molar refractivity (Wildman–Crippen MR) is 131 cm³/mol. The summed E-state index contributed by atoms with van der Waals surface area (Å²) in [5.74, 6) is 0.692. The van der Waals surface area contributed by atoms with Crippen molar-refractivity contribution < 1.29 is 0 Å². The molecule has 1 heterocycles. The summed E-state index contributed by atoms with van der Waals surface area (Å²) in [6.45, 7) is 11.9. The van der Waals surface area contributed by atoms with Crippen molar-refractivity contribution in [1.29, 1.82) is 0 Å². The number of hydrogen-bond acceptors (Lipinski definition) is 2. The van der Waals surface area contributed by atoms with Crippen molar-refractivity contribution in [2.24, 2.45) is 5.92 Å². The Bertz CT molecular complexity index is 377. The van der Waals surface area contributed by atoms with Crippen LogP contribution in [-0.4, -0.2) is 29.1 Å². The predicted octanol–water partition coefficient (Wildman–Crippen LogP) is 8.73. The summed E-state index contributed by atoms with van der Waals surface area (Å²) in [6.07, 6.45) is 29.4. The highest BCUT2D eigenvalue weighted by molar-refractivity contribution is 4.98. The largest absolute Gasteiger partial charge is 0.356 e. The minimum Gasteiger partial charge on any atom is -0.356 e. The van der Waals surface area contributed by atoms with E-state index in [2.05, 4.69) is 49.9 Å². The maximum absolute atomic E-state index is 2.62. The molecule has 0 amide bonds. The molecule has 2 heteroatoms. The highest BCUT2D eigenvalue weighted by atomic mass is 15.4. The Hall–Kier alpha value is -0.660. The Labute approximate surface area is 184 Å². The van der Waals surface area contributed by atoms with Crippen molar-refractivity contribution in [2.75, 3.05) is 13.1 Å². The summed E-state index contributed by atoms with van der Waals surface area (Å²) in [5, 5.41) is 0. The molecule has 0 aromatic carbocycles. The Morgan fingerprint density at radius 1 is 0.517 bits per heavy atom. The van der Waals surface area contributed by atoms with Crippen molar-refractivity contribution in [3.05, 3.63) is 12.4 Å². The molecule has 0 aromatic rings. The molecule has 0 radical (unpaired) electrons. The van der Waals surface area contributed by atoms with Crippen LogP contribution in [0.5, 0.6) is 0 Å². The number of hydrogen-bond donors (Lipinski definition) is 0. The molecule has 29 heavy (non-hydrogen) atoms. The first-order chi connectivity index (χ1) is 14.2. The highest BCUT2D eigenvalue weighted by Gasteiger charge is 2.28. The quantitative estimate of drug-likeness (QED) is 0.186. The van der Waals surface area contributed by atoms with E-state index in [9.17, 15) is 0 Å². The van der Waals surface area contributed by atoms with Gasteiger partial charge in [-0.3, -0.25) is 0 Å². The SMILES string of the molecule is CCCCCCCCCCCCN1C=CN(CCCCCCCCC)C1C(C)C.